The molecule has 0 heterocycles. The number of hydrogen-bond acceptors (Lipinski definition) is 3. The molecule has 1 rings (SSSR count). The molecule has 3 heteroatoms. The molecular formula is C12H20O3. The van der Waals surface area contributed by atoms with Crippen LogP contribution < -0.4 is 0 Å². The Morgan fingerprint density at radius 2 is 2.20 bits per heavy atom. The zero-order valence-electron chi connectivity index (χ0n) is 9.79. The fourth-order valence-electron chi connectivity index (χ4n) is 2.40. The van der Waals surface area contributed by atoms with Crippen LogP contribution in [0.15, 0.2) is 0 Å². The molecule has 0 radical (unpaired) electrons. The van der Waals surface area contributed by atoms with Gasteiger partial charge in [-0.1, -0.05) is 13.8 Å². The van der Waals surface area contributed by atoms with Crippen LogP contribution in [0, 0.1) is 17.8 Å². The molecule has 0 unspecified atom stereocenters. The lowest BCUT2D eigenvalue weighted by molar-refractivity contribution is -0.146. The van der Waals surface area contributed by atoms with Crippen LogP contribution in [0.1, 0.15) is 40.0 Å². The lowest BCUT2D eigenvalue weighted by atomic mass is 9.84. The molecule has 2 atom stereocenters. The highest BCUT2D eigenvalue weighted by Gasteiger charge is 2.37. The van der Waals surface area contributed by atoms with E-state index in [4.69, 9.17) is 4.74 Å². The molecule has 0 spiro atoms. The van der Waals surface area contributed by atoms with Crippen molar-refractivity contribution in [2.75, 3.05) is 6.61 Å². The number of Topliss-reactive ketones (excluding diaryl/α,β-unsaturated/α-hetero) is 1. The summed E-state index contributed by atoms with van der Waals surface area (Å²) in [6, 6.07) is 0. The van der Waals surface area contributed by atoms with Crippen molar-refractivity contribution in [3.8, 4) is 0 Å². The molecule has 0 bridgehead atoms. The predicted octanol–water partition coefficient (Wildman–Crippen LogP) is 2.19. The van der Waals surface area contributed by atoms with Gasteiger partial charge in [0, 0.05) is 12.3 Å². The van der Waals surface area contributed by atoms with Gasteiger partial charge in [0.15, 0.2) is 0 Å². The van der Waals surface area contributed by atoms with Crippen LogP contribution in [0.25, 0.3) is 0 Å². The van der Waals surface area contributed by atoms with Crippen molar-refractivity contribution in [3.05, 3.63) is 0 Å². The van der Waals surface area contributed by atoms with Crippen molar-refractivity contribution in [2.45, 2.75) is 40.0 Å². The maximum Gasteiger partial charge on any atom is 0.306 e. The van der Waals surface area contributed by atoms with Crippen LogP contribution in [-0.4, -0.2) is 18.4 Å². The second-order valence-corrected chi connectivity index (χ2v) is 4.53. The van der Waals surface area contributed by atoms with E-state index in [9.17, 15) is 9.59 Å². The van der Waals surface area contributed by atoms with Crippen molar-refractivity contribution < 1.29 is 14.3 Å². The Hall–Kier alpha value is -0.860. The van der Waals surface area contributed by atoms with Crippen LogP contribution in [0.5, 0.6) is 0 Å². The number of esters is 1. The molecule has 0 aromatic heterocycles. The quantitative estimate of drug-likeness (QED) is 0.671. The first-order chi connectivity index (χ1) is 7.06. The Morgan fingerprint density at radius 1 is 1.53 bits per heavy atom. The molecule has 1 fully saturated rings. The first-order valence-corrected chi connectivity index (χ1v) is 5.74. The van der Waals surface area contributed by atoms with Gasteiger partial charge in [0.25, 0.3) is 0 Å². The molecule has 0 aliphatic heterocycles. The van der Waals surface area contributed by atoms with Crippen molar-refractivity contribution in [1.82, 2.24) is 0 Å². The predicted molar refractivity (Wildman–Crippen MR) is 57.3 cm³/mol. The Morgan fingerprint density at radius 3 is 2.73 bits per heavy atom. The highest BCUT2D eigenvalue weighted by molar-refractivity contribution is 5.87. The third-order valence-corrected chi connectivity index (χ3v) is 3.20. The second-order valence-electron chi connectivity index (χ2n) is 4.53. The van der Waals surface area contributed by atoms with E-state index in [-0.39, 0.29) is 24.1 Å². The van der Waals surface area contributed by atoms with Gasteiger partial charge in [-0.3, -0.25) is 9.59 Å². The van der Waals surface area contributed by atoms with Gasteiger partial charge in [-0.05, 0) is 25.2 Å². The summed E-state index contributed by atoms with van der Waals surface area (Å²) in [4.78, 5) is 23.0. The molecule has 0 amide bonds. The number of carbonyl (C=O) groups is 2. The van der Waals surface area contributed by atoms with Crippen molar-refractivity contribution in [2.24, 2.45) is 17.8 Å². The largest absolute Gasteiger partial charge is 0.466 e. The van der Waals surface area contributed by atoms with E-state index in [2.05, 4.69) is 13.8 Å². The van der Waals surface area contributed by atoms with E-state index < -0.39 is 0 Å². The van der Waals surface area contributed by atoms with Gasteiger partial charge in [0.1, 0.15) is 5.78 Å². The fourth-order valence-corrected chi connectivity index (χ4v) is 2.40. The van der Waals surface area contributed by atoms with Gasteiger partial charge in [-0.2, -0.15) is 0 Å². The summed E-state index contributed by atoms with van der Waals surface area (Å²) in [6.45, 7) is 6.41. The summed E-state index contributed by atoms with van der Waals surface area (Å²) < 4.78 is 4.89. The van der Waals surface area contributed by atoms with E-state index in [1.165, 1.54) is 0 Å². The van der Waals surface area contributed by atoms with E-state index >= 15 is 0 Å². The van der Waals surface area contributed by atoms with Gasteiger partial charge in [-0.25, -0.2) is 0 Å². The zero-order valence-corrected chi connectivity index (χ0v) is 9.79. The van der Waals surface area contributed by atoms with E-state index in [1.54, 1.807) is 6.92 Å². The summed E-state index contributed by atoms with van der Waals surface area (Å²) in [5, 5.41) is 0. The normalized spacial score (nSPS) is 26.0. The molecule has 3 nitrogen and oxygen atoms in total. The molecule has 0 aromatic rings. The summed E-state index contributed by atoms with van der Waals surface area (Å²) in [6.07, 6.45) is 1.84. The van der Waals surface area contributed by atoms with Crippen LogP contribution in [0.2, 0.25) is 0 Å². The smallest absolute Gasteiger partial charge is 0.306 e. The molecule has 1 aliphatic rings. The average Bonchev–Trinajstić information content (AvgIpc) is 2.48. The van der Waals surface area contributed by atoms with Crippen LogP contribution in [0.4, 0.5) is 0 Å². The van der Waals surface area contributed by atoms with E-state index in [1.807, 2.05) is 0 Å². The Kier molecular flexibility index (Phi) is 4.30. The molecule has 0 aromatic carbocycles. The molecule has 0 saturated heterocycles. The minimum absolute atomic E-state index is 0.0935. The van der Waals surface area contributed by atoms with E-state index in [0.717, 1.165) is 6.42 Å². The monoisotopic (exact) mass is 212 g/mol. The third kappa shape index (κ3) is 3.05. The van der Waals surface area contributed by atoms with Crippen LogP contribution in [0.3, 0.4) is 0 Å². The summed E-state index contributed by atoms with van der Waals surface area (Å²) in [5.74, 6) is 0.743. The molecule has 1 saturated carbocycles. The minimum Gasteiger partial charge on any atom is -0.466 e. The second kappa shape index (κ2) is 5.29. The van der Waals surface area contributed by atoms with Crippen molar-refractivity contribution >= 4 is 11.8 Å². The van der Waals surface area contributed by atoms with Gasteiger partial charge >= 0.3 is 5.97 Å². The molecule has 0 N–H and O–H groups in total. The van der Waals surface area contributed by atoms with Crippen LogP contribution >= 0.6 is 0 Å². The van der Waals surface area contributed by atoms with E-state index in [0.29, 0.717) is 24.9 Å². The standard InChI is InChI=1S/C12H20O3/c1-4-15-12(14)7-10-9(8(2)3)5-6-11(10)13/h8-10H,4-7H2,1-3H3/t9-,10+/m0/s1. The summed E-state index contributed by atoms with van der Waals surface area (Å²) in [7, 11) is 0. The summed E-state index contributed by atoms with van der Waals surface area (Å²) in [5.41, 5.74) is 0. The first kappa shape index (κ1) is 12.2. The maximum atomic E-state index is 11.6. The Labute approximate surface area is 91.2 Å². The number of carbonyl (C=O) groups excluding carboxylic acids is 2. The topological polar surface area (TPSA) is 43.4 Å². The van der Waals surface area contributed by atoms with Crippen molar-refractivity contribution in [3.63, 3.8) is 0 Å². The third-order valence-electron chi connectivity index (χ3n) is 3.20. The lowest BCUT2D eigenvalue weighted by Gasteiger charge is -2.20. The molecular weight excluding hydrogens is 192 g/mol. The first-order valence-electron chi connectivity index (χ1n) is 5.74. The number of rotatable bonds is 4. The highest BCUT2D eigenvalue weighted by atomic mass is 16.5. The molecule has 86 valence electrons. The van der Waals surface area contributed by atoms with Crippen LogP contribution in [-0.2, 0) is 14.3 Å². The Bertz CT molecular complexity index is 245. The zero-order chi connectivity index (χ0) is 11.4. The van der Waals surface area contributed by atoms with Gasteiger partial charge < -0.3 is 4.74 Å². The SMILES string of the molecule is CCOC(=O)C[C@H]1C(=O)CC[C@H]1C(C)C. The number of hydrogen-bond donors (Lipinski definition) is 0. The molecule has 15 heavy (non-hydrogen) atoms. The highest BCUT2D eigenvalue weighted by Crippen LogP contribution is 2.36. The van der Waals surface area contributed by atoms with Crippen molar-refractivity contribution in [1.29, 1.82) is 0 Å². The maximum absolute atomic E-state index is 11.6. The molecule has 1 aliphatic carbocycles. The summed E-state index contributed by atoms with van der Waals surface area (Å²) >= 11 is 0. The van der Waals surface area contributed by atoms with Gasteiger partial charge in [0.05, 0.1) is 13.0 Å². The minimum atomic E-state index is -0.233. The number of ether oxygens (including phenoxy) is 1. The average molecular weight is 212 g/mol. The lowest BCUT2D eigenvalue weighted by Crippen LogP contribution is -2.23. The van der Waals surface area contributed by atoms with Gasteiger partial charge in [0.2, 0.25) is 0 Å². The van der Waals surface area contributed by atoms with Gasteiger partial charge in [-0.15, -0.1) is 0 Å². The Balaban J connectivity index is 2.56. The number of ketones is 1. The fraction of sp³-hybridized carbons (Fsp3) is 0.833.